The number of nitrogens with zero attached hydrogens (tertiary/aromatic N) is 1. The maximum absolute atomic E-state index is 10.5. The summed E-state index contributed by atoms with van der Waals surface area (Å²) in [5.41, 5.74) is 1.54. The van der Waals surface area contributed by atoms with Crippen LogP contribution in [0.25, 0.3) is 0 Å². The molecule has 1 aromatic rings. The van der Waals surface area contributed by atoms with Crippen molar-refractivity contribution in [1.82, 2.24) is 4.98 Å². The third-order valence-electron chi connectivity index (χ3n) is 5.00. The van der Waals surface area contributed by atoms with Crippen molar-refractivity contribution in [3.63, 3.8) is 0 Å². The summed E-state index contributed by atoms with van der Waals surface area (Å²) < 4.78 is 0. The van der Waals surface area contributed by atoms with Gasteiger partial charge in [0.05, 0.1) is 16.8 Å². The van der Waals surface area contributed by atoms with Crippen LogP contribution < -0.4 is 0 Å². The lowest BCUT2D eigenvalue weighted by atomic mass is 9.69. The van der Waals surface area contributed by atoms with Gasteiger partial charge in [-0.05, 0) is 56.8 Å². The minimum atomic E-state index is -0.208. The summed E-state index contributed by atoms with van der Waals surface area (Å²) in [5, 5.41) is 11.6. The van der Waals surface area contributed by atoms with Gasteiger partial charge in [0.2, 0.25) is 0 Å². The molecule has 1 atom stereocenters. The normalized spacial score (nSPS) is 25.7. The van der Waals surface area contributed by atoms with Crippen molar-refractivity contribution in [2.24, 2.45) is 17.3 Å². The van der Waals surface area contributed by atoms with E-state index in [0.29, 0.717) is 11.3 Å². The maximum atomic E-state index is 10.5. The maximum Gasteiger partial charge on any atom is 0.0956 e. The molecule has 2 nitrogen and oxygen atoms in total. The van der Waals surface area contributed by atoms with E-state index >= 15 is 0 Å². The van der Waals surface area contributed by atoms with E-state index in [9.17, 15) is 5.11 Å². The predicted molar refractivity (Wildman–Crippen MR) is 86.2 cm³/mol. The minimum absolute atomic E-state index is 0.208. The number of aliphatic hydroxyl groups excluding tert-OH is 1. The number of aryl methyl sites for hydroxylation is 2. The summed E-state index contributed by atoms with van der Waals surface area (Å²) in [6.07, 6.45) is 5.41. The zero-order valence-electron chi connectivity index (χ0n) is 13.6. The van der Waals surface area contributed by atoms with Crippen LogP contribution in [0.1, 0.15) is 62.0 Å². The van der Waals surface area contributed by atoms with E-state index in [-0.39, 0.29) is 6.10 Å². The lowest BCUT2D eigenvalue weighted by Gasteiger charge is -2.38. The van der Waals surface area contributed by atoms with Crippen LogP contribution >= 0.6 is 11.3 Å². The Morgan fingerprint density at radius 2 is 1.80 bits per heavy atom. The van der Waals surface area contributed by atoms with Gasteiger partial charge >= 0.3 is 0 Å². The van der Waals surface area contributed by atoms with E-state index in [0.717, 1.165) is 23.0 Å². The first kappa shape index (κ1) is 16.0. The van der Waals surface area contributed by atoms with Crippen LogP contribution in [0.15, 0.2) is 0 Å². The lowest BCUT2D eigenvalue weighted by molar-refractivity contribution is 0.0536. The number of aliphatic hydroxyl groups is 1. The van der Waals surface area contributed by atoms with Crippen LogP contribution in [0, 0.1) is 31.1 Å². The Morgan fingerprint density at radius 3 is 2.25 bits per heavy atom. The van der Waals surface area contributed by atoms with Gasteiger partial charge in [0.15, 0.2) is 0 Å². The summed E-state index contributed by atoms with van der Waals surface area (Å²) in [6.45, 7) is 11.2. The topological polar surface area (TPSA) is 33.1 Å². The molecule has 20 heavy (non-hydrogen) atoms. The van der Waals surface area contributed by atoms with Gasteiger partial charge in [-0.3, -0.25) is 0 Å². The van der Waals surface area contributed by atoms with Crippen molar-refractivity contribution in [3.8, 4) is 0 Å². The Labute approximate surface area is 127 Å². The molecular formula is C17H29NOS. The van der Waals surface area contributed by atoms with Crippen LogP contribution in [0.4, 0.5) is 0 Å². The molecule has 0 aromatic carbocycles. The van der Waals surface area contributed by atoms with E-state index < -0.39 is 0 Å². The van der Waals surface area contributed by atoms with Gasteiger partial charge < -0.3 is 5.11 Å². The number of hydrogen-bond acceptors (Lipinski definition) is 3. The first-order chi connectivity index (χ1) is 9.27. The number of hydrogen-bond donors (Lipinski definition) is 1. The highest BCUT2D eigenvalue weighted by atomic mass is 32.1. The Kier molecular flexibility index (Phi) is 4.91. The van der Waals surface area contributed by atoms with E-state index in [1.807, 2.05) is 0 Å². The molecule has 0 amide bonds. The number of rotatable bonds is 3. The molecule has 114 valence electrons. The average molecular weight is 295 g/mol. The molecule has 1 aromatic heterocycles. The molecule has 0 spiro atoms. The number of aromatic nitrogens is 1. The van der Waals surface area contributed by atoms with Gasteiger partial charge in [-0.15, -0.1) is 11.3 Å². The second-order valence-electron chi connectivity index (χ2n) is 7.50. The van der Waals surface area contributed by atoms with Crippen LogP contribution in [0.2, 0.25) is 0 Å². The molecule has 1 aliphatic rings. The van der Waals surface area contributed by atoms with Crippen LogP contribution in [0.5, 0.6) is 0 Å². The highest BCUT2D eigenvalue weighted by Gasteiger charge is 2.32. The molecule has 3 heteroatoms. The molecule has 2 rings (SSSR count). The van der Waals surface area contributed by atoms with Crippen LogP contribution in [-0.2, 0) is 6.42 Å². The summed E-state index contributed by atoms with van der Waals surface area (Å²) in [7, 11) is 0. The third kappa shape index (κ3) is 3.82. The molecule has 0 saturated heterocycles. The SMILES string of the molecule is Cc1nc(CC(O)C2CCC(C(C)(C)C)CC2)sc1C. The van der Waals surface area contributed by atoms with Crippen molar-refractivity contribution in [2.45, 2.75) is 72.8 Å². The zero-order chi connectivity index (χ0) is 14.9. The Balaban J connectivity index is 1.87. The number of thiazole rings is 1. The second-order valence-corrected chi connectivity index (χ2v) is 8.79. The highest BCUT2D eigenvalue weighted by molar-refractivity contribution is 7.11. The van der Waals surface area contributed by atoms with Crippen molar-refractivity contribution < 1.29 is 5.11 Å². The monoisotopic (exact) mass is 295 g/mol. The smallest absolute Gasteiger partial charge is 0.0956 e. The fourth-order valence-electron chi connectivity index (χ4n) is 3.34. The van der Waals surface area contributed by atoms with Gasteiger partial charge in [0.25, 0.3) is 0 Å². The van der Waals surface area contributed by atoms with Crippen molar-refractivity contribution in [1.29, 1.82) is 0 Å². The molecule has 1 heterocycles. The summed E-state index contributed by atoms with van der Waals surface area (Å²) in [4.78, 5) is 5.84. The van der Waals surface area contributed by atoms with Crippen LogP contribution in [0.3, 0.4) is 0 Å². The van der Waals surface area contributed by atoms with E-state index in [1.54, 1.807) is 11.3 Å². The molecule has 1 fully saturated rings. The van der Waals surface area contributed by atoms with Gasteiger partial charge in [0, 0.05) is 11.3 Å². The second kappa shape index (κ2) is 6.15. The summed E-state index contributed by atoms with van der Waals surface area (Å²) in [5.74, 6) is 1.29. The van der Waals surface area contributed by atoms with Crippen molar-refractivity contribution in [3.05, 3.63) is 15.6 Å². The van der Waals surface area contributed by atoms with E-state index in [4.69, 9.17) is 0 Å². The largest absolute Gasteiger partial charge is 0.392 e. The first-order valence-corrected chi connectivity index (χ1v) is 8.70. The molecule has 0 aliphatic heterocycles. The summed E-state index contributed by atoms with van der Waals surface area (Å²) >= 11 is 1.74. The molecule has 0 radical (unpaired) electrons. The van der Waals surface area contributed by atoms with Crippen molar-refractivity contribution >= 4 is 11.3 Å². The zero-order valence-corrected chi connectivity index (χ0v) is 14.4. The van der Waals surface area contributed by atoms with Gasteiger partial charge in [-0.25, -0.2) is 4.98 Å². The highest BCUT2D eigenvalue weighted by Crippen LogP contribution is 2.41. The van der Waals surface area contributed by atoms with Gasteiger partial charge in [-0.2, -0.15) is 0 Å². The molecule has 1 N–H and O–H groups in total. The minimum Gasteiger partial charge on any atom is -0.392 e. The van der Waals surface area contributed by atoms with Crippen LogP contribution in [-0.4, -0.2) is 16.2 Å². The Bertz CT molecular complexity index is 419. The standard InChI is InChI=1S/C17H29NOS/c1-11-12(2)20-16(18-11)10-15(19)13-6-8-14(9-7-13)17(3,4)5/h13-15,19H,6-10H2,1-5H3. The van der Waals surface area contributed by atoms with E-state index in [2.05, 4.69) is 39.6 Å². The fourth-order valence-corrected chi connectivity index (χ4v) is 4.33. The summed E-state index contributed by atoms with van der Waals surface area (Å²) in [6, 6.07) is 0. The fraction of sp³-hybridized carbons (Fsp3) is 0.824. The average Bonchev–Trinajstić information content (AvgIpc) is 2.67. The molecule has 1 unspecified atom stereocenters. The van der Waals surface area contributed by atoms with E-state index in [1.165, 1.54) is 30.6 Å². The lowest BCUT2D eigenvalue weighted by Crippen LogP contribution is -2.31. The van der Waals surface area contributed by atoms with Crippen molar-refractivity contribution in [2.75, 3.05) is 0 Å². The molecule has 1 saturated carbocycles. The Morgan fingerprint density at radius 1 is 1.20 bits per heavy atom. The molecular weight excluding hydrogens is 266 g/mol. The first-order valence-electron chi connectivity index (χ1n) is 7.88. The van der Waals surface area contributed by atoms with Gasteiger partial charge in [0.1, 0.15) is 0 Å². The molecule has 0 bridgehead atoms. The predicted octanol–water partition coefficient (Wildman–Crippen LogP) is 4.52. The van der Waals surface area contributed by atoms with Gasteiger partial charge in [-0.1, -0.05) is 20.8 Å². The third-order valence-corrected chi connectivity index (χ3v) is 6.09. The Hall–Kier alpha value is -0.410. The quantitative estimate of drug-likeness (QED) is 0.889. The molecule has 1 aliphatic carbocycles.